The van der Waals surface area contributed by atoms with Gasteiger partial charge in [0.15, 0.2) is 5.82 Å². The first kappa shape index (κ1) is 16.0. The van der Waals surface area contributed by atoms with E-state index in [4.69, 9.17) is 9.47 Å². The van der Waals surface area contributed by atoms with E-state index in [0.717, 1.165) is 0 Å². The van der Waals surface area contributed by atoms with E-state index in [0.29, 0.717) is 49.2 Å². The zero-order valence-electron chi connectivity index (χ0n) is 13.8. The summed E-state index contributed by atoms with van der Waals surface area (Å²) in [7, 11) is 3.15. The van der Waals surface area contributed by atoms with Gasteiger partial charge in [-0.05, 0) is 12.1 Å². The molecule has 0 saturated carbocycles. The molecule has 1 aliphatic heterocycles. The van der Waals surface area contributed by atoms with Gasteiger partial charge in [-0.25, -0.2) is 9.97 Å². The van der Waals surface area contributed by atoms with Gasteiger partial charge in [0.1, 0.15) is 5.75 Å². The van der Waals surface area contributed by atoms with E-state index in [1.54, 1.807) is 38.7 Å². The maximum Gasteiger partial charge on any atom is 0.257 e. The van der Waals surface area contributed by atoms with Crippen LogP contribution < -0.4 is 14.4 Å². The fourth-order valence-electron chi connectivity index (χ4n) is 2.79. The lowest BCUT2D eigenvalue weighted by atomic mass is 10.1. The predicted octanol–water partition coefficient (Wildman–Crippen LogP) is 1.46. The van der Waals surface area contributed by atoms with Crippen LogP contribution in [0.3, 0.4) is 0 Å². The summed E-state index contributed by atoms with van der Waals surface area (Å²) in [5.41, 5.74) is 0.588. The highest BCUT2D eigenvalue weighted by atomic mass is 16.5. The molecule has 24 heavy (non-hydrogen) atoms. The summed E-state index contributed by atoms with van der Waals surface area (Å²) in [4.78, 5) is 25.1. The van der Waals surface area contributed by atoms with E-state index in [1.807, 2.05) is 17.0 Å². The standard InChI is InChI=1S/C17H20N4O3/c1-23-14-6-4-3-5-13(14)17(22)21-11-9-20(10-12-21)15-16(24-2)19-8-7-18-15/h3-8H,9-12H2,1-2H3. The van der Waals surface area contributed by atoms with Crippen LogP contribution in [0.2, 0.25) is 0 Å². The van der Waals surface area contributed by atoms with E-state index in [1.165, 1.54) is 0 Å². The Kier molecular flexibility index (Phi) is 4.79. The van der Waals surface area contributed by atoms with Gasteiger partial charge >= 0.3 is 0 Å². The number of hydrogen-bond acceptors (Lipinski definition) is 6. The van der Waals surface area contributed by atoms with Crippen molar-refractivity contribution < 1.29 is 14.3 Å². The van der Waals surface area contributed by atoms with E-state index < -0.39 is 0 Å². The Morgan fingerprint density at radius 1 is 1.00 bits per heavy atom. The van der Waals surface area contributed by atoms with Crippen molar-refractivity contribution in [1.29, 1.82) is 0 Å². The van der Waals surface area contributed by atoms with Crippen molar-refractivity contribution in [3.63, 3.8) is 0 Å². The summed E-state index contributed by atoms with van der Waals surface area (Å²) in [5, 5.41) is 0. The van der Waals surface area contributed by atoms with Crippen molar-refractivity contribution in [3.05, 3.63) is 42.2 Å². The summed E-state index contributed by atoms with van der Waals surface area (Å²) in [6.45, 7) is 2.57. The van der Waals surface area contributed by atoms with Gasteiger partial charge in [0.25, 0.3) is 11.8 Å². The molecule has 1 aromatic carbocycles. The average molecular weight is 328 g/mol. The second kappa shape index (κ2) is 7.16. The monoisotopic (exact) mass is 328 g/mol. The number of carbonyl (C=O) groups is 1. The van der Waals surface area contributed by atoms with Crippen LogP contribution in [0.1, 0.15) is 10.4 Å². The van der Waals surface area contributed by atoms with E-state index in [9.17, 15) is 4.79 Å². The van der Waals surface area contributed by atoms with E-state index >= 15 is 0 Å². The Hall–Kier alpha value is -2.83. The second-order valence-corrected chi connectivity index (χ2v) is 5.37. The molecule has 3 rings (SSSR count). The van der Waals surface area contributed by atoms with Crippen molar-refractivity contribution in [3.8, 4) is 11.6 Å². The predicted molar refractivity (Wildman–Crippen MR) is 89.7 cm³/mol. The van der Waals surface area contributed by atoms with Crippen molar-refractivity contribution in [2.75, 3.05) is 45.3 Å². The number of ether oxygens (including phenoxy) is 2. The number of carbonyl (C=O) groups excluding carboxylic acids is 1. The molecule has 126 valence electrons. The average Bonchev–Trinajstić information content (AvgIpc) is 2.67. The molecule has 0 atom stereocenters. The molecule has 2 aromatic rings. The number of para-hydroxylation sites is 1. The molecule has 0 radical (unpaired) electrons. The lowest BCUT2D eigenvalue weighted by Crippen LogP contribution is -2.49. The number of benzene rings is 1. The number of amides is 1. The summed E-state index contributed by atoms with van der Waals surface area (Å²) in [5.74, 6) is 1.80. The van der Waals surface area contributed by atoms with Crippen LogP contribution in [-0.4, -0.2) is 61.2 Å². The first-order valence-corrected chi connectivity index (χ1v) is 7.77. The number of aromatic nitrogens is 2. The molecule has 2 heterocycles. The summed E-state index contributed by atoms with van der Waals surface area (Å²) in [6.07, 6.45) is 3.24. The van der Waals surface area contributed by atoms with Crippen LogP contribution in [0.4, 0.5) is 5.82 Å². The highest BCUT2D eigenvalue weighted by molar-refractivity contribution is 5.97. The van der Waals surface area contributed by atoms with Crippen molar-refractivity contribution >= 4 is 11.7 Å². The molecule has 0 bridgehead atoms. The maximum atomic E-state index is 12.7. The van der Waals surface area contributed by atoms with Gasteiger partial charge in [0, 0.05) is 38.6 Å². The number of nitrogens with zero attached hydrogens (tertiary/aromatic N) is 4. The molecular formula is C17H20N4O3. The number of hydrogen-bond donors (Lipinski definition) is 0. The Morgan fingerprint density at radius 2 is 1.71 bits per heavy atom. The van der Waals surface area contributed by atoms with Gasteiger partial charge in [-0.1, -0.05) is 12.1 Å². The normalized spacial score (nSPS) is 14.4. The fourth-order valence-corrected chi connectivity index (χ4v) is 2.79. The zero-order chi connectivity index (χ0) is 16.9. The molecule has 1 saturated heterocycles. The minimum atomic E-state index is -0.0155. The smallest absolute Gasteiger partial charge is 0.257 e. The molecule has 0 aliphatic carbocycles. The summed E-state index contributed by atoms with van der Waals surface area (Å²) < 4.78 is 10.5. The van der Waals surface area contributed by atoms with Crippen LogP contribution in [-0.2, 0) is 0 Å². The second-order valence-electron chi connectivity index (χ2n) is 5.37. The molecule has 7 heteroatoms. The fraction of sp³-hybridized carbons (Fsp3) is 0.353. The molecular weight excluding hydrogens is 308 g/mol. The largest absolute Gasteiger partial charge is 0.496 e. The van der Waals surface area contributed by atoms with Crippen LogP contribution in [0.15, 0.2) is 36.7 Å². The van der Waals surface area contributed by atoms with Crippen molar-refractivity contribution in [2.45, 2.75) is 0 Å². The molecule has 0 spiro atoms. The minimum Gasteiger partial charge on any atom is -0.496 e. The third-order valence-electron chi connectivity index (χ3n) is 4.04. The van der Waals surface area contributed by atoms with E-state index in [2.05, 4.69) is 14.9 Å². The van der Waals surface area contributed by atoms with Gasteiger partial charge in [-0.2, -0.15) is 0 Å². The van der Waals surface area contributed by atoms with Crippen LogP contribution >= 0.6 is 0 Å². The van der Waals surface area contributed by atoms with Gasteiger partial charge in [0.05, 0.1) is 19.8 Å². The SMILES string of the molecule is COc1ccccc1C(=O)N1CCN(c2nccnc2OC)CC1. The first-order chi connectivity index (χ1) is 11.7. The van der Waals surface area contributed by atoms with Crippen LogP contribution in [0.25, 0.3) is 0 Å². The van der Waals surface area contributed by atoms with Crippen LogP contribution in [0, 0.1) is 0 Å². The Labute approximate surface area is 140 Å². The quantitative estimate of drug-likeness (QED) is 0.846. The molecule has 1 aromatic heterocycles. The minimum absolute atomic E-state index is 0.0155. The molecule has 1 fully saturated rings. The number of methoxy groups -OCH3 is 2. The van der Waals surface area contributed by atoms with Gasteiger partial charge in [0.2, 0.25) is 0 Å². The Bertz CT molecular complexity index is 714. The summed E-state index contributed by atoms with van der Waals surface area (Å²) in [6, 6.07) is 7.29. The third-order valence-corrected chi connectivity index (χ3v) is 4.04. The number of piperazine rings is 1. The lowest BCUT2D eigenvalue weighted by Gasteiger charge is -2.35. The number of rotatable bonds is 4. The summed E-state index contributed by atoms with van der Waals surface area (Å²) >= 11 is 0. The van der Waals surface area contributed by atoms with Crippen molar-refractivity contribution in [2.24, 2.45) is 0 Å². The molecule has 0 unspecified atom stereocenters. The first-order valence-electron chi connectivity index (χ1n) is 7.77. The van der Waals surface area contributed by atoms with E-state index in [-0.39, 0.29) is 5.91 Å². The molecule has 1 aliphatic rings. The lowest BCUT2D eigenvalue weighted by molar-refractivity contribution is 0.0743. The molecule has 1 amide bonds. The maximum absolute atomic E-state index is 12.7. The zero-order valence-corrected chi connectivity index (χ0v) is 13.8. The van der Waals surface area contributed by atoms with Gasteiger partial charge < -0.3 is 19.3 Å². The van der Waals surface area contributed by atoms with Crippen LogP contribution in [0.5, 0.6) is 11.6 Å². The highest BCUT2D eigenvalue weighted by Crippen LogP contribution is 2.24. The van der Waals surface area contributed by atoms with Crippen molar-refractivity contribution in [1.82, 2.24) is 14.9 Å². The molecule has 0 N–H and O–H groups in total. The number of anilines is 1. The highest BCUT2D eigenvalue weighted by Gasteiger charge is 2.26. The third kappa shape index (κ3) is 3.10. The van der Waals surface area contributed by atoms with Gasteiger partial charge in [-0.15, -0.1) is 0 Å². The topological polar surface area (TPSA) is 67.8 Å². The van der Waals surface area contributed by atoms with Gasteiger partial charge in [-0.3, -0.25) is 4.79 Å². The molecule has 7 nitrogen and oxygen atoms in total. The Morgan fingerprint density at radius 3 is 2.42 bits per heavy atom. The Balaban J connectivity index is 1.70.